The summed E-state index contributed by atoms with van der Waals surface area (Å²) in [5.74, 6) is 0.678. The Morgan fingerprint density at radius 3 is 2.88 bits per heavy atom. The monoisotopic (exact) mass is 360 g/mol. The van der Waals surface area contributed by atoms with Crippen molar-refractivity contribution in [1.29, 1.82) is 5.26 Å². The molecule has 0 aromatic heterocycles. The fourth-order valence-electron chi connectivity index (χ4n) is 2.55. The molecule has 1 aromatic carbocycles. The average molecular weight is 360 g/mol. The van der Waals surface area contributed by atoms with Crippen LogP contribution in [0.3, 0.4) is 0 Å². The Kier molecular flexibility index (Phi) is 7.93. The zero-order valence-corrected chi connectivity index (χ0v) is 15.1. The van der Waals surface area contributed by atoms with Gasteiger partial charge in [-0.3, -0.25) is 4.79 Å². The van der Waals surface area contributed by atoms with Crippen LogP contribution in [-0.2, 0) is 14.3 Å². The molecule has 7 heteroatoms. The van der Waals surface area contributed by atoms with Gasteiger partial charge in [-0.25, -0.2) is 0 Å². The minimum absolute atomic E-state index is 0.0260. The lowest BCUT2D eigenvalue weighted by atomic mass is 10.1. The van der Waals surface area contributed by atoms with Gasteiger partial charge in [0.15, 0.2) is 11.5 Å². The molecule has 1 atom stereocenters. The molecular formula is C19H24N2O5. The third-order valence-electron chi connectivity index (χ3n) is 3.92. The van der Waals surface area contributed by atoms with Crippen molar-refractivity contribution in [2.45, 2.75) is 18.9 Å². The van der Waals surface area contributed by atoms with Gasteiger partial charge in [0.25, 0.3) is 5.91 Å². The van der Waals surface area contributed by atoms with E-state index in [0.717, 1.165) is 19.4 Å². The normalized spacial score (nSPS) is 16.8. The lowest BCUT2D eigenvalue weighted by Crippen LogP contribution is -2.32. The van der Waals surface area contributed by atoms with Crippen LogP contribution >= 0.6 is 0 Å². The molecule has 0 aliphatic carbocycles. The van der Waals surface area contributed by atoms with Crippen molar-refractivity contribution in [3.8, 4) is 17.6 Å². The van der Waals surface area contributed by atoms with E-state index < -0.39 is 5.91 Å². The Bertz CT molecular complexity index is 675. The average Bonchev–Trinajstić information content (AvgIpc) is 3.18. The summed E-state index contributed by atoms with van der Waals surface area (Å²) in [7, 11) is 3.13. The molecule has 140 valence electrons. The van der Waals surface area contributed by atoms with Crippen molar-refractivity contribution in [2.24, 2.45) is 0 Å². The molecule has 26 heavy (non-hydrogen) atoms. The van der Waals surface area contributed by atoms with Crippen molar-refractivity contribution < 1.29 is 23.7 Å². The van der Waals surface area contributed by atoms with Crippen LogP contribution in [0.15, 0.2) is 23.8 Å². The number of nitrogens with zero attached hydrogens (tertiary/aromatic N) is 1. The van der Waals surface area contributed by atoms with E-state index in [9.17, 15) is 10.1 Å². The number of methoxy groups -OCH3 is 2. The summed E-state index contributed by atoms with van der Waals surface area (Å²) in [4.78, 5) is 12.2. The van der Waals surface area contributed by atoms with E-state index in [-0.39, 0.29) is 11.7 Å². The lowest BCUT2D eigenvalue weighted by Gasteiger charge is -2.12. The van der Waals surface area contributed by atoms with Crippen molar-refractivity contribution in [3.63, 3.8) is 0 Å². The number of rotatable bonds is 9. The molecule has 7 nitrogen and oxygen atoms in total. The first kappa shape index (κ1) is 19.8. The minimum Gasteiger partial charge on any atom is -0.493 e. The number of carbonyl (C=O) groups is 1. The predicted octanol–water partition coefficient (Wildman–Crippen LogP) is 1.92. The molecule has 1 amide bonds. The molecule has 1 aliphatic rings. The maximum absolute atomic E-state index is 12.2. The Balaban J connectivity index is 2.04. The number of hydrogen-bond donors (Lipinski definition) is 1. The summed E-state index contributed by atoms with van der Waals surface area (Å²) in [6.45, 7) is 2.00. The van der Waals surface area contributed by atoms with E-state index in [4.69, 9.17) is 18.9 Å². The van der Waals surface area contributed by atoms with Gasteiger partial charge in [0.2, 0.25) is 0 Å². The molecule has 0 spiro atoms. The van der Waals surface area contributed by atoms with Gasteiger partial charge in [0.05, 0.1) is 19.8 Å². The van der Waals surface area contributed by atoms with Gasteiger partial charge in [-0.05, 0) is 36.6 Å². The molecule has 1 fully saturated rings. The van der Waals surface area contributed by atoms with Crippen LogP contribution in [-0.4, -0.2) is 52.6 Å². The van der Waals surface area contributed by atoms with Gasteiger partial charge in [-0.2, -0.15) is 5.26 Å². The minimum atomic E-state index is -0.414. The third-order valence-corrected chi connectivity index (χ3v) is 3.92. The van der Waals surface area contributed by atoms with Crippen molar-refractivity contribution in [3.05, 3.63) is 29.3 Å². The fourth-order valence-corrected chi connectivity index (χ4v) is 2.55. The number of nitriles is 1. The van der Waals surface area contributed by atoms with Gasteiger partial charge in [0, 0.05) is 20.3 Å². The van der Waals surface area contributed by atoms with Crippen LogP contribution in [0.1, 0.15) is 18.4 Å². The second kappa shape index (κ2) is 10.4. The second-order valence-corrected chi connectivity index (χ2v) is 5.77. The number of hydrogen-bond acceptors (Lipinski definition) is 6. The van der Waals surface area contributed by atoms with E-state index in [0.29, 0.717) is 36.8 Å². The Morgan fingerprint density at radius 1 is 1.38 bits per heavy atom. The summed E-state index contributed by atoms with van der Waals surface area (Å²) in [6, 6.07) is 7.15. The standard InChI is InChI=1S/C19H24N2O5/c1-23-8-9-26-17-6-5-14(11-18(17)24-2)10-15(12-20)19(22)21-13-16-4-3-7-25-16/h5-6,10-11,16H,3-4,7-9,13H2,1-2H3,(H,21,22)/b15-10+/t16-/m1/s1. The zero-order valence-electron chi connectivity index (χ0n) is 15.1. The Labute approximate surface area is 153 Å². The molecule has 1 aromatic rings. The van der Waals surface area contributed by atoms with Crippen LogP contribution in [0.5, 0.6) is 11.5 Å². The molecular weight excluding hydrogens is 336 g/mol. The first-order valence-electron chi connectivity index (χ1n) is 8.49. The van der Waals surface area contributed by atoms with Crippen LogP contribution < -0.4 is 14.8 Å². The Morgan fingerprint density at radius 2 is 2.23 bits per heavy atom. The maximum Gasteiger partial charge on any atom is 0.262 e. The SMILES string of the molecule is COCCOc1ccc(/C=C(\C#N)C(=O)NC[C@H]2CCCO2)cc1OC. The summed E-state index contributed by atoms with van der Waals surface area (Å²) in [6.07, 6.45) is 3.47. The van der Waals surface area contributed by atoms with Gasteiger partial charge in [-0.1, -0.05) is 6.07 Å². The zero-order chi connectivity index (χ0) is 18.8. The highest BCUT2D eigenvalue weighted by Gasteiger charge is 2.17. The highest BCUT2D eigenvalue weighted by atomic mass is 16.5. The first-order valence-corrected chi connectivity index (χ1v) is 8.49. The van der Waals surface area contributed by atoms with E-state index in [2.05, 4.69) is 5.32 Å². The number of nitrogens with one attached hydrogen (secondary N) is 1. The van der Waals surface area contributed by atoms with Crippen LogP contribution in [0.4, 0.5) is 0 Å². The molecule has 1 saturated heterocycles. The van der Waals surface area contributed by atoms with Gasteiger partial charge >= 0.3 is 0 Å². The van der Waals surface area contributed by atoms with Crippen LogP contribution in [0.25, 0.3) is 6.08 Å². The van der Waals surface area contributed by atoms with Crippen LogP contribution in [0.2, 0.25) is 0 Å². The molecule has 0 radical (unpaired) electrons. The number of carbonyl (C=O) groups excluding carboxylic acids is 1. The summed E-state index contributed by atoms with van der Waals surface area (Å²) in [5.41, 5.74) is 0.697. The molecule has 1 aliphatic heterocycles. The largest absolute Gasteiger partial charge is 0.493 e. The quantitative estimate of drug-likeness (QED) is 0.411. The highest BCUT2D eigenvalue weighted by molar-refractivity contribution is 6.01. The maximum atomic E-state index is 12.2. The first-order chi connectivity index (χ1) is 12.7. The summed E-state index contributed by atoms with van der Waals surface area (Å²) >= 11 is 0. The number of benzene rings is 1. The number of amides is 1. The van der Waals surface area contributed by atoms with E-state index in [1.54, 1.807) is 25.3 Å². The molecule has 0 bridgehead atoms. The molecule has 2 rings (SSSR count). The van der Waals surface area contributed by atoms with Gasteiger partial charge in [0.1, 0.15) is 18.2 Å². The lowest BCUT2D eigenvalue weighted by molar-refractivity contribution is -0.117. The summed E-state index contributed by atoms with van der Waals surface area (Å²) in [5, 5.41) is 12.0. The molecule has 0 unspecified atom stereocenters. The molecule has 1 heterocycles. The third kappa shape index (κ3) is 5.76. The van der Waals surface area contributed by atoms with E-state index in [1.165, 1.54) is 13.2 Å². The van der Waals surface area contributed by atoms with Crippen molar-refractivity contribution >= 4 is 12.0 Å². The smallest absolute Gasteiger partial charge is 0.262 e. The van der Waals surface area contributed by atoms with Crippen LogP contribution in [0, 0.1) is 11.3 Å². The molecule has 1 N–H and O–H groups in total. The molecule has 0 saturated carbocycles. The van der Waals surface area contributed by atoms with Crippen molar-refractivity contribution in [1.82, 2.24) is 5.32 Å². The predicted molar refractivity (Wildman–Crippen MR) is 95.9 cm³/mol. The van der Waals surface area contributed by atoms with Crippen molar-refractivity contribution in [2.75, 3.05) is 40.6 Å². The topological polar surface area (TPSA) is 89.8 Å². The van der Waals surface area contributed by atoms with Gasteiger partial charge < -0.3 is 24.3 Å². The van der Waals surface area contributed by atoms with Gasteiger partial charge in [-0.15, -0.1) is 0 Å². The van der Waals surface area contributed by atoms with E-state index >= 15 is 0 Å². The van der Waals surface area contributed by atoms with E-state index in [1.807, 2.05) is 6.07 Å². The number of ether oxygens (including phenoxy) is 4. The highest BCUT2D eigenvalue weighted by Crippen LogP contribution is 2.29. The Hall–Kier alpha value is -2.56. The second-order valence-electron chi connectivity index (χ2n) is 5.77. The fraction of sp³-hybridized carbons (Fsp3) is 0.474. The summed E-state index contributed by atoms with van der Waals surface area (Å²) < 4.78 is 21.3.